The molecule has 0 spiro atoms. The lowest BCUT2D eigenvalue weighted by Crippen LogP contribution is -2.55. The lowest BCUT2D eigenvalue weighted by Gasteiger charge is -2.44. The number of hydrogen-bond donors (Lipinski definition) is 2. The molecule has 232 valence electrons. The number of anilines is 3. The predicted molar refractivity (Wildman–Crippen MR) is 173 cm³/mol. The van der Waals surface area contributed by atoms with E-state index in [1.165, 1.54) is 12.1 Å². The lowest BCUT2D eigenvalue weighted by atomic mass is 9.76. The Labute approximate surface area is 269 Å². The Kier molecular flexibility index (Phi) is 7.58. The molecule has 7 rings (SSSR count). The molecule has 0 radical (unpaired) electrons. The number of halogens is 1. The Bertz CT molecular complexity index is 1930. The quantitative estimate of drug-likeness (QED) is 0.166. The number of carbonyl (C=O) groups is 4. The summed E-state index contributed by atoms with van der Waals surface area (Å²) in [5.41, 5.74) is 4.02. The van der Waals surface area contributed by atoms with Gasteiger partial charge in [0.15, 0.2) is 0 Å². The average molecular weight is 626 g/mol. The SMILES string of the molecule is N#C/C(C(=O)Nc1ccc(F)cc1)=C1/C(=O)NC(=O)N(c2cc3c4c(c2)[C@@H](c2ccccc2)CCN4CC[C@@H]3c2ccccc2)C1=O. The second-order valence-corrected chi connectivity index (χ2v) is 11.7. The van der Waals surface area contributed by atoms with Crippen molar-refractivity contribution in [3.8, 4) is 6.07 Å². The minimum absolute atomic E-state index is 0.0218. The maximum absolute atomic E-state index is 14.1. The fourth-order valence-electron chi connectivity index (χ4n) is 6.89. The Morgan fingerprint density at radius 1 is 0.830 bits per heavy atom. The molecule has 3 aliphatic heterocycles. The van der Waals surface area contributed by atoms with Crippen LogP contribution in [0.4, 0.5) is 26.2 Å². The maximum atomic E-state index is 14.1. The zero-order chi connectivity index (χ0) is 32.7. The van der Waals surface area contributed by atoms with Crippen LogP contribution in [0.2, 0.25) is 0 Å². The summed E-state index contributed by atoms with van der Waals surface area (Å²) in [5, 5.41) is 14.5. The van der Waals surface area contributed by atoms with Crippen LogP contribution in [-0.4, -0.2) is 36.8 Å². The second kappa shape index (κ2) is 12.0. The van der Waals surface area contributed by atoms with Crippen molar-refractivity contribution in [2.45, 2.75) is 24.7 Å². The molecule has 0 bridgehead atoms. The van der Waals surface area contributed by atoms with Crippen molar-refractivity contribution >= 4 is 40.8 Å². The molecular formula is C37H28FN5O4. The molecule has 0 aliphatic carbocycles. The maximum Gasteiger partial charge on any atom is 0.335 e. The highest BCUT2D eigenvalue weighted by molar-refractivity contribution is 6.40. The number of barbiturate groups is 1. The number of nitrogens with zero attached hydrogens (tertiary/aromatic N) is 3. The minimum atomic E-state index is -1.16. The molecule has 1 fully saturated rings. The Hall–Kier alpha value is -6.08. The number of amides is 5. The van der Waals surface area contributed by atoms with Crippen molar-refractivity contribution in [1.29, 1.82) is 5.26 Å². The van der Waals surface area contributed by atoms with Gasteiger partial charge in [-0.1, -0.05) is 60.7 Å². The molecule has 0 saturated carbocycles. The Morgan fingerprint density at radius 2 is 1.38 bits per heavy atom. The normalized spacial score (nSPS) is 19.8. The molecule has 9 nitrogen and oxygen atoms in total. The molecule has 2 N–H and O–H groups in total. The average Bonchev–Trinajstić information content (AvgIpc) is 3.08. The molecule has 2 atom stereocenters. The topological polar surface area (TPSA) is 123 Å². The van der Waals surface area contributed by atoms with Crippen LogP contribution in [0.1, 0.15) is 46.9 Å². The monoisotopic (exact) mass is 625 g/mol. The van der Waals surface area contributed by atoms with Crippen LogP contribution >= 0.6 is 0 Å². The number of nitrogens with one attached hydrogen (secondary N) is 2. The van der Waals surface area contributed by atoms with Gasteiger partial charge in [0.05, 0.1) is 5.69 Å². The van der Waals surface area contributed by atoms with Crippen molar-refractivity contribution in [3.63, 3.8) is 0 Å². The highest BCUT2D eigenvalue weighted by Gasteiger charge is 2.43. The van der Waals surface area contributed by atoms with Crippen molar-refractivity contribution in [1.82, 2.24) is 5.32 Å². The van der Waals surface area contributed by atoms with E-state index in [9.17, 15) is 28.8 Å². The van der Waals surface area contributed by atoms with E-state index in [4.69, 9.17) is 0 Å². The summed E-state index contributed by atoms with van der Waals surface area (Å²) in [6, 6.07) is 29.2. The van der Waals surface area contributed by atoms with Gasteiger partial charge in [0, 0.05) is 36.3 Å². The first-order chi connectivity index (χ1) is 22.8. The third kappa shape index (κ3) is 5.32. The van der Waals surface area contributed by atoms with E-state index in [2.05, 4.69) is 39.8 Å². The van der Waals surface area contributed by atoms with E-state index in [1.54, 1.807) is 6.07 Å². The molecule has 5 amide bonds. The number of carbonyl (C=O) groups excluding carboxylic acids is 4. The predicted octanol–water partition coefficient (Wildman–Crippen LogP) is 5.74. The van der Waals surface area contributed by atoms with Gasteiger partial charge < -0.3 is 10.2 Å². The van der Waals surface area contributed by atoms with Gasteiger partial charge in [0.1, 0.15) is 23.0 Å². The van der Waals surface area contributed by atoms with Gasteiger partial charge in [0.2, 0.25) is 0 Å². The zero-order valence-corrected chi connectivity index (χ0v) is 25.1. The standard InChI is InChI=1S/C37H28FN5O4/c38-24-11-13-25(14-12-24)40-34(44)31(21-39)32-35(45)41-37(47)43(36(32)46)26-19-29-27(22-7-3-1-4-8-22)15-17-42-18-16-28(30(20-26)33(29)42)23-9-5-2-6-10-23/h1-14,19-20,27-28H,15-18H2,(H,40,44)(H,41,45,47)/b32-31+/t27-,28-/m1/s1. The number of benzene rings is 4. The van der Waals surface area contributed by atoms with Crippen molar-refractivity contribution in [2.75, 3.05) is 28.2 Å². The van der Waals surface area contributed by atoms with Crippen molar-refractivity contribution in [2.24, 2.45) is 0 Å². The largest absolute Gasteiger partial charge is 0.371 e. The molecule has 0 aromatic heterocycles. The first kappa shape index (κ1) is 29.6. The summed E-state index contributed by atoms with van der Waals surface area (Å²) >= 11 is 0. The lowest BCUT2D eigenvalue weighted by molar-refractivity contribution is -0.123. The van der Waals surface area contributed by atoms with Gasteiger partial charge in [-0.2, -0.15) is 5.26 Å². The van der Waals surface area contributed by atoms with Crippen LogP contribution < -0.4 is 20.4 Å². The third-order valence-corrected chi connectivity index (χ3v) is 9.02. The van der Waals surface area contributed by atoms with Gasteiger partial charge >= 0.3 is 6.03 Å². The molecular weight excluding hydrogens is 597 g/mol. The number of rotatable bonds is 5. The van der Waals surface area contributed by atoms with Crippen LogP contribution in [0.15, 0.2) is 108 Å². The van der Waals surface area contributed by atoms with Gasteiger partial charge in [-0.15, -0.1) is 0 Å². The van der Waals surface area contributed by atoms with E-state index in [0.717, 1.165) is 70.9 Å². The Balaban J connectivity index is 1.36. The smallest absolute Gasteiger partial charge is 0.335 e. The van der Waals surface area contributed by atoms with E-state index in [0.29, 0.717) is 0 Å². The molecule has 3 aliphatic rings. The van der Waals surface area contributed by atoms with Crippen LogP contribution in [0.25, 0.3) is 0 Å². The Morgan fingerprint density at radius 3 is 1.91 bits per heavy atom. The van der Waals surface area contributed by atoms with E-state index in [-0.39, 0.29) is 23.2 Å². The summed E-state index contributed by atoms with van der Waals surface area (Å²) in [6.07, 6.45) is 1.64. The number of urea groups is 1. The molecule has 0 unspecified atom stereocenters. The van der Waals surface area contributed by atoms with Gasteiger partial charge in [0.25, 0.3) is 17.7 Å². The number of hydrogen-bond acceptors (Lipinski definition) is 6. The molecule has 4 aromatic carbocycles. The van der Waals surface area contributed by atoms with Crippen LogP contribution in [0, 0.1) is 17.1 Å². The molecule has 47 heavy (non-hydrogen) atoms. The minimum Gasteiger partial charge on any atom is -0.371 e. The van der Waals surface area contributed by atoms with Gasteiger partial charge in [-0.25, -0.2) is 14.1 Å². The highest BCUT2D eigenvalue weighted by atomic mass is 19.1. The fraction of sp³-hybridized carbons (Fsp3) is 0.162. The van der Waals surface area contributed by atoms with Gasteiger partial charge in [-0.05, 0) is 71.5 Å². The van der Waals surface area contributed by atoms with Crippen molar-refractivity contribution < 1.29 is 23.6 Å². The molecule has 3 heterocycles. The van der Waals surface area contributed by atoms with Crippen LogP contribution in [-0.2, 0) is 14.4 Å². The summed E-state index contributed by atoms with van der Waals surface area (Å²) in [6.45, 7) is 1.69. The highest BCUT2D eigenvalue weighted by Crippen LogP contribution is 2.50. The summed E-state index contributed by atoms with van der Waals surface area (Å²) in [4.78, 5) is 56.9. The first-order valence-corrected chi connectivity index (χ1v) is 15.3. The van der Waals surface area contributed by atoms with Crippen LogP contribution in [0.3, 0.4) is 0 Å². The summed E-state index contributed by atoms with van der Waals surface area (Å²) in [5.74, 6) is -3.87. The van der Waals surface area contributed by atoms with Crippen molar-refractivity contribution in [3.05, 3.63) is 136 Å². The first-order valence-electron chi connectivity index (χ1n) is 15.3. The second-order valence-electron chi connectivity index (χ2n) is 11.7. The van der Waals surface area contributed by atoms with Crippen LogP contribution in [0.5, 0.6) is 0 Å². The number of imide groups is 2. The zero-order valence-electron chi connectivity index (χ0n) is 25.1. The summed E-state index contributed by atoms with van der Waals surface area (Å²) < 4.78 is 13.4. The van der Waals surface area contributed by atoms with Gasteiger partial charge in [-0.3, -0.25) is 19.7 Å². The third-order valence-electron chi connectivity index (χ3n) is 9.02. The van der Waals surface area contributed by atoms with E-state index >= 15 is 0 Å². The molecule has 1 saturated heterocycles. The fourth-order valence-corrected chi connectivity index (χ4v) is 6.89. The molecule has 4 aromatic rings. The van der Waals surface area contributed by atoms with E-state index in [1.807, 2.05) is 48.5 Å². The summed E-state index contributed by atoms with van der Waals surface area (Å²) in [7, 11) is 0. The number of nitriles is 1. The molecule has 10 heteroatoms. The van der Waals surface area contributed by atoms with E-state index < -0.39 is 40.7 Å².